The van der Waals surface area contributed by atoms with Crippen molar-refractivity contribution in [1.29, 1.82) is 0 Å². The van der Waals surface area contributed by atoms with E-state index in [1.165, 1.54) is 7.11 Å². The lowest BCUT2D eigenvalue weighted by atomic mass is 9.78. The third-order valence-electron chi connectivity index (χ3n) is 6.70. The largest absolute Gasteiger partial charge is 0.465 e. The molecule has 0 unspecified atom stereocenters. The molecule has 200 valence electrons. The maximum atomic E-state index is 12.0. The fourth-order valence-electron chi connectivity index (χ4n) is 4.27. The van der Waals surface area contributed by atoms with Crippen LogP contribution in [0.5, 0.6) is 23.0 Å². The zero-order valence-corrected chi connectivity index (χ0v) is 22.0. The highest BCUT2D eigenvalue weighted by Crippen LogP contribution is 2.35. The molecule has 7 heteroatoms. The number of aliphatic hydroxyl groups is 2. The minimum atomic E-state index is -0.539. The molecule has 4 aromatic carbocycles. The average Bonchev–Trinajstić information content (AvgIpc) is 2.97. The van der Waals surface area contributed by atoms with E-state index in [0.717, 1.165) is 11.1 Å². The number of rotatable bonds is 10. The molecule has 0 atom stereocenters. The van der Waals surface area contributed by atoms with E-state index in [-0.39, 0.29) is 24.2 Å². The zero-order chi connectivity index (χ0) is 28.0. The number of hydrogen-bond acceptors (Lipinski definition) is 7. The van der Waals surface area contributed by atoms with Gasteiger partial charge in [0.1, 0.15) is 23.0 Å². The third kappa shape index (κ3) is 6.17. The van der Waals surface area contributed by atoms with E-state index < -0.39 is 5.97 Å². The van der Waals surface area contributed by atoms with Crippen LogP contribution in [0.3, 0.4) is 0 Å². The molecule has 7 nitrogen and oxygen atoms in total. The lowest BCUT2D eigenvalue weighted by molar-refractivity contribution is 0.0596. The van der Waals surface area contributed by atoms with Crippen LogP contribution in [0.25, 0.3) is 0 Å². The monoisotopic (exact) mass is 526 g/mol. The van der Waals surface area contributed by atoms with Gasteiger partial charge in [-0.1, -0.05) is 50.2 Å². The van der Waals surface area contributed by atoms with Gasteiger partial charge in [-0.15, -0.1) is 0 Å². The number of hydrogen-bond donors (Lipinski definition) is 2. The van der Waals surface area contributed by atoms with E-state index in [9.17, 15) is 19.8 Å². The Labute approximate surface area is 227 Å². The van der Waals surface area contributed by atoms with Crippen molar-refractivity contribution in [3.63, 3.8) is 0 Å². The molecule has 0 heterocycles. The summed E-state index contributed by atoms with van der Waals surface area (Å²) in [6.07, 6.45) is 0.701. The molecule has 0 saturated heterocycles. The van der Waals surface area contributed by atoms with Crippen LogP contribution in [0.2, 0.25) is 0 Å². The molecule has 0 radical (unpaired) electrons. The number of benzene rings is 4. The molecule has 0 saturated carbocycles. The van der Waals surface area contributed by atoms with Crippen LogP contribution in [-0.2, 0) is 23.4 Å². The first-order valence-corrected chi connectivity index (χ1v) is 12.4. The second kappa shape index (κ2) is 11.9. The van der Waals surface area contributed by atoms with Gasteiger partial charge in [-0.3, -0.25) is 4.79 Å². The van der Waals surface area contributed by atoms with Gasteiger partial charge in [0.05, 0.1) is 25.9 Å². The van der Waals surface area contributed by atoms with Gasteiger partial charge >= 0.3 is 5.97 Å². The Balaban J connectivity index is 1.47. The molecule has 0 spiro atoms. The van der Waals surface area contributed by atoms with Crippen molar-refractivity contribution in [2.75, 3.05) is 7.11 Å². The van der Waals surface area contributed by atoms with E-state index >= 15 is 0 Å². The van der Waals surface area contributed by atoms with Gasteiger partial charge in [0.2, 0.25) is 0 Å². The van der Waals surface area contributed by atoms with Gasteiger partial charge in [-0.2, -0.15) is 0 Å². The number of methoxy groups -OCH3 is 1. The maximum Gasteiger partial charge on any atom is 0.338 e. The Morgan fingerprint density at radius 1 is 0.718 bits per heavy atom. The van der Waals surface area contributed by atoms with E-state index in [1.807, 2.05) is 48.5 Å². The second-order valence-electron chi connectivity index (χ2n) is 9.48. The number of ether oxygens (including phenoxy) is 3. The quantitative estimate of drug-likeness (QED) is 0.188. The van der Waals surface area contributed by atoms with Crippen molar-refractivity contribution in [3.8, 4) is 23.0 Å². The molecule has 4 aromatic rings. The summed E-state index contributed by atoms with van der Waals surface area (Å²) in [6, 6.07) is 25.4. The summed E-state index contributed by atoms with van der Waals surface area (Å²) in [4.78, 5) is 23.3. The summed E-state index contributed by atoms with van der Waals surface area (Å²) >= 11 is 0. The smallest absolute Gasteiger partial charge is 0.338 e. The molecule has 4 rings (SSSR count). The van der Waals surface area contributed by atoms with Gasteiger partial charge < -0.3 is 24.4 Å². The lowest BCUT2D eigenvalue weighted by Gasteiger charge is -2.26. The van der Waals surface area contributed by atoms with Crippen LogP contribution in [0.4, 0.5) is 0 Å². The SMILES string of the molecule is COC(=O)c1cc(Oc2ccc(C(C)(C)c3ccc(Oc4ccc(CO)c(C=O)c4)cc3)cc2)ccc1CO. The van der Waals surface area contributed by atoms with Crippen molar-refractivity contribution in [2.45, 2.75) is 32.5 Å². The van der Waals surface area contributed by atoms with Crippen molar-refractivity contribution in [2.24, 2.45) is 0 Å². The number of carbonyl (C=O) groups is 2. The van der Waals surface area contributed by atoms with Crippen LogP contribution in [0.1, 0.15) is 56.8 Å². The number of aldehydes is 1. The zero-order valence-electron chi connectivity index (χ0n) is 22.0. The Hall–Kier alpha value is -4.46. The molecular weight excluding hydrogens is 496 g/mol. The predicted octanol–water partition coefficient (Wildman–Crippen LogP) is 6.18. The molecule has 0 amide bonds. The summed E-state index contributed by atoms with van der Waals surface area (Å²) in [5.41, 5.74) is 3.51. The molecule has 0 aromatic heterocycles. The van der Waals surface area contributed by atoms with Crippen molar-refractivity contribution < 1.29 is 34.0 Å². The summed E-state index contributed by atoms with van der Waals surface area (Å²) < 4.78 is 16.7. The highest BCUT2D eigenvalue weighted by atomic mass is 16.5. The van der Waals surface area contributed by atoms with Gasteiger partial charge in [-0.05, 0) is 70.8 Å². The van der Waals surface area contributed by atoms with E-state index in [1.54, 1.807) is 36.4 Å². The first kappa shape index (κ1) is 27.6. The standard InChI is InChI=1S/C32H30O7/c1-32(2,24-6-12-26(13-7-24)38-28-10-4-21(18-33)23(16-28)20-35)25-8-14-27(15-9-25)39-29-11-5-22(19-34)30(17-29)31(36)37-3/h4-17,20,33-34H,18-19H2,1-3H3. The molecule has 0 aliphatic carbocycles. The molecule has 0 aliphatic heterocycles. The fraction of sp³-hybridized carbons (Fsp3) is 0.188. The lowest BCUT2D eigenvalue weighted by Crippen LogP contribution is -2.18. The van der Waals surface area contributed by atoms with E-state index in [0.29, 0.717) is 46.0 Å². The molecule has 2 N–H and O–H groups in total. The summed E-state index contributed by atoms with van der Waals surface area (Å²) in [5.74, 6) is 1.67. The number of carbonyl (C=O) groups excluding carboxylic acids is 2. The number of aliphatic hydroxyl groups excluding tert-OH is 2. The Bertz CT molecular complexity index is 1460. The Morgan fingerprint density at radius 2 is 1.18 bits per heavy atom. The van der Waals surface area contributed by atoms with Crippen molar-refractivity contribution in [1.82, 2.24) is 0 Å². The third-order valence-corrected chi connectivity index (χ3v) is 6.70. The minimum absolute atomic E-state index is 0.209. The van der Waals surface area contributed by atoms with Gasteiger partial charge in [0.25, 0.3) is 0 Å². The van der Waals surface area contributed by atoms with E-state index in [4.69, 9.17) is 14.2 Å². The summed E-state index contributed by atoms with van der Waals surface area (Å²) in [5, 5.41) is 18.8. The fourth-order valence-corrected chi connectivity index (χ4v) is 4.27. The van der Waals surface area contributed by atoms with Crippen LogP contribution in [-0.4, -0.2) is 29.6 Å². The second-order valence-corrected chi connectivity index (χ2v) is 9.48. The first-order chi connectivity index (χ1) is 18.8. The predicted molar refractivity (Wildman–Crippen MR) is 147 cm³/mol. The van der Waals surface area contributed by atoms with Crippen LogP contribution in [0.15, 0.2) is 84.9 Å². The van der Waals surface area contributed by atoms with Gasteiger partial charge in [0, 0.05) is 11.0 Å². The molecular formula is C32H30O7. The minimum Gasteiger partial charge on any atom is -0.465 e. The van der Waals surface area contributed by atoms with Gasteiger partial charge in [-0.25, -0.2) is 4.79 Å². The Kier molecular flexibility index (Phi) is 8.44. The topological polar surface area (TPSA) is 102 Å². The highest BCUT2D eigenvalue weighted by Gasteiger charge is 2.23. The van der Waals surface area contributed by atoms with Gasteiger partial charge in [0.15, 0.2) is 6.29 Å². The summed E-state index contributed by atoms with van der Waals surface area (Å²) in [6.45, 7) is 3.76. The van der Waals surface area contributed by atoms with Crippen LogP contribution >= 0.6 is 0 Å². The first-order valence-electron chi connectivity index (χ1n) is 12.4. The Morgan fingerprint density at radius 3 is 1.64 bits per heavy atom. The van der Waals surface area contributed by atoms with E-state index in [2.05, 4.69) is 13.8 Å². The van der Waals surface area contributed by atoms with Crippen molar-refractivity contribution >= 4 is 12.3 Å². The normalized spacial score (nSPS) is 11.1. The van der Waals surface area contributed by atoms with Crippen molar-refractivity contribution in [3.05, 3.63) is 118 Å². The molecule has 0 bridgehead atoms. The summed E-state index contributed by atoms with van der Waals surface area (Å²) in [7, 11) is 1.29. The molecule has 39 heavy (non-hydrogen) atoms. The van der Waals surface area contributed by atoms with Crippen LogP contribution < -0.4 is 9.47 Å². The molecule has 0 fully saturated rings. The number of esters is 1. The molecule has 0 aliphatic rings. The highest BCUT2D eigenvalue weighted by molar-refractivity contribution is 5.91. The average molecular weight is 527 g/mol. The maximum absolute atomic E-state index is 12.0. The van der Waals surface area contributed by atoms with Crippen LogP contribution in [0, 0.1) is 0 Å².